The van der Waals surface area contributed by atoms with Gasteiger partial charge in [-0.15, -0.1) is 5.10 Å². The third-order valence-corrected chi connectivity index (χ3v) is 3.48. The Kier molecular flexibility index (Phi) is 5.21. The summed E-state index contributed by atoms with van der Waals surface area (Å²) in [7, 11) is 0. The molecule has 1 aromatic heterocycles. The van der Waals surface area contributed by atoms with Crippen LogP contribution in [0.1, 0.15) is 25.1 Å². The second-order valence-corrected chi connectivity index (χ2v) is 5.00. The molecule has 2 atom stereocenters. The van der Waals surface area contributed by atoms with E-state index in [1.807, 2.05) is 13.0 Å². The van der Waals surface area contributed by atoms with Crippen molar-refractivity contribution in [2.45, 2.75) is 25.9 Å². The van der Waals surface area contributed by atoms with Crippen LogP contribution in [0.15, 0.2) is 30.4 Å². The van der Waals surface area contributed by atoms with E-state index >= 15 is 0 Å². The Balaban J connectivity index is 2.13. The van der Waals surface area contributed by atoms with Crippen molar-refractivity contribution in [3.05, 3.63) is 46.2 Å². The number of nitrogens with zero attached hydrogens (tertiary/aromatic N) is 5. The summed E-state index contributed by atoms with van der Waals surface area (Å²) < 4.78 is 13.9. The molecule has 0 spiro atoms. The van der Waals surface area contributed by atoms with E-state index in [1.165, 1.54) is 15.8 Å². The van der Waals surface area contributed by atoms with Gasteiger partial charge >= 0.3 is 5.82 Å². The Bertz CT molecular complexity index is 582. The van der Waals surface area contributed by atoms with Crippen LogP contribution in [0.4, 0.5) is 4.39 Å². The molecule has 2 heterocycles. The Morgan fingerprint density at radius 2 is 2.36 bits per heavy atom. The van der Waals surface area contributed by atoms with Gasteiger partial charge in [-0.2, -0.15) is 0 Å². The molecule has 1 aliphatic rings. The predicted molar refractivity (Wildman–Crippen MR) is 75.7 cm³/mol. The van der Waals surface area contributed by atoms with Gasteiger partial charge in [0.15, 0.2) is 0 Å². The van der Waals surface area contributed by atoms with Crippen LogP contribution in [-0.2, 0) is 6.54 Å². The van der Waals surface area contributed by atoms with Crippen molar-refractivity contribution >= 4 is 0 Å². The molecule has 2 unspecified atom stereocenters. The van der Waals surface area contributed by atoms with Gasteiger partial charge in [0.25, 0.3) is 0 Å². The van der Waals surface area contributed by atoms with Crippen LogP contribution < -0.4 is 0 Å². The normalized spacial score (nSPS) is 19.1. The quantitative estimate of drug-likeness (QED) is 0.601. The summed E-state index contributed by atoms with van der Waals surface area (Å²) in [4.78, 5) is 12.2. The third-order valence-electron chi connectivity index (χ3n) is 3.48. The highest BCUT2D eigenvalue weighted by molar-refractivity contribution is 5.13. The van der Waals surface area contributed by atoms with Crippen molar-refractivity contribution in [1.82, 2.24) is 19.9 Å². The zero-order chi connectivity index (χ0) is 16.1. The number of hydrogen-bond donors (Lipinski definition) is 1. The molecular weight excluding hydrogens is 293 g/mol. The lowest BCUT2D eigenvalue weighted by Gasteiger charge is -2.19. The van der Waals surface area contributed by atoms with Gasteiger partial charge in [-0.3, -0.25) is 0 Å². The molecule has 1 aliphatic heterocycles. The largest absolute Gasteiger partial charge is 0.394 e. The lowest BCUT2D eigenvalue weighted by atomic mass is 10.0. The fourth-order valence-corrected chi connectivity index (χ4v) is 2.13. The summed E-state index contributed by atoms with van der Waals surface area (Å²) >= 11 is 0. The van der Waals surface area contributed by atoms with Crippen molar-refractivity contribution in [2.24, 2.45) is 5.92 Å². The van der Waals surface area contributed by atoms with E-state index in [9.17, 15) is 14.5 Å². The molecule has 0 amide bonds. The topological polar surface area (TPSA) is 97.3 Å². The minimum absolute atomic E-state index is 0.00639. The molecule has 0 aromatic carbocycles. The van der Waals surface area contributed by atoms with Crippen molar-refractivity contribution in [1.29, 1.82) is 0 Å². The first-order chi connectivity index (χ1) is 10.6. The van der Waals surface area contributed by atoms with Crippen molar-refractivity contribution in [3.63, 3.8) is 0 Å². The summed E-state index contributed by atoms with van der Waals surface area (Å²) in [6.07, 6.45) is 7.41. The van der Waals surface area contributed by atoms with E-state index in [-0.39, 0.29) is 24.9 Å². The van der Waals surface area contributed by atoms with Crippen molar-refractivity contribution in [3.8, 4) is 0 Å². The Hall–Kier alpha value is -2.29. The van der Waals surface area contributed by atoms with Crippen molar-refractivity contribution < 1.29 is 14.4 Å². The number of aliphatic hydroxyl groups excluding tert-OH is 1. The number of aromatic nitrogens is 3. The minimum Gasteiger partial charge on any atom is -0.394 e. The van der Waals surface area contributed by atoms with Gasteiger partial charge < -0.3 is 15.2 Å². The Morgan fingerprint density at radius 3 is 2.95 bits per heavy atom. The smallest absolute Gasteiger partial charge is 0.319 e. The summed E-state index contributed by atoms with van der Waals surface area (Å²) in [6, 6.07) is -0.784. The van der Waals surface area contributed by atoms with Crippen LogP contribution >= 0.6 is 0 Å². The average Bonchev–Trinajstić information content (AvgIpc) is 2.97. The molecule has 8 nitrogen and oxygen atoms in total. The van der Waals surface area contributed by atoms with Crippen LogP contribution in [0, 0.1) is 16.0 Å². The monoisotopic (exact) mass is 311 g/mol. The average molecular weight is 311 g/mol. The SMILES string of the molecule is CCC1C=CN(Cc2cn(C(CO)CF)nn2)C([N+](=O)[O-])=C1. The van der Waals surface area contributed by atoms with E-state index in [0.29, 0.717) is 5.69 Å². The van der Waals surface area contributed by atoms with E-state index in [1.54, 1.807) is 12.3 Å². The van der Waals surface area contributed by atoms with Gasteiger partial charge in [0.2, 0.25) is 0 Å². The Labute approximate surface area is 126 Å². The van der Waals surface area contributed by atoms with E-state index in [2.05, 4.69) is 10.3 Å². The van der Waals surface area contributed by atoms with Gasteiger partial charge in [0, 0.05) is 12.0 Å². The number of halogens is 1. The molecule has 22 heavy (non-hydrogen) atoms. The molecular formula is C13H18FN5O3. The minimum atomic E-state index is -0.784. The van der Waals surface area contributed by atoms with Gasteiger partial charge in [0.1, 0.15) is 25.0 Å². The molecule has 1 aromatic rings. The first-order valence-electron chi connectivity index (χ1n) is 6.97. The van der Waals surface area contributed by atoms with Crippen LogP contribution in [0.5, 0.6) is 0 Å². The highest BCUT2D eigenvalue weighted by Gasteiger charge is 2.25. The molecule has 0 radical (unpaired) electrons. The maximum Gasteiger partial charge on any atom is 0.319 e. The van der Waals surface area contributed by atoms with Gasteiger partial charge in [-0.1, -0.05) is 12.1 Å². The summed E-state index contributed by atoms with van der Waals surface area (Å²) in [6.45, 7) is 0.961. The second-order valence-electron chi connectivity index (χ2n) is 5.00. The van der Waals surface area contributed by atoms with Gasteiger partial charge in [-0.05, 0) is 17.4 Å². The molecule has 0 saturated carbocycles. The molecule has 1 N–H and O–H groups in total. The standard InChI is InChI=1S/C13H18FN5O3/c1-2-10-3-4-17(13(5-10)19(21)22)7-11-8-18(16-15-11)12(6-14)9-20/h3-5,8,10,12,20H,2,6-7,9H2,1H3. The fourth-order valence-electron chi connectivity index (χ4n) is 2.13. The maximum absolute atomic E-state index is 12.7. The lowest BCUT2D eigenvalue weighted by Crippen LogP contribution is -2.25. The van der Waals surface area contributed by atoms with Crippen LogP contribution in [0.2, 0.25) is 0 Å². The lowest BCUT2D eigenvalue weighted by molar-refractivity contribution is -0.445. The Morgan fingerprint density at radius 1 is 1.59 bits per heavy atom. The molecule has 120 valence electrons. The molecule has 0 fully saturated rings. The number of rotatable bonds is 7. The zero-order valence-electron chi connectivity index (χ0n) is 12.2. The van der Waals surface area contributed by atoms with Crippen molar-refractivity contribution in [2.75, 3.05) is 13.3 Å². The second kappa shape index (κ2) is 7.12. The number of alkyl halides is 1. The van der Waals surface area contributed by atoms with E-state index in [0.717, 1.165) is 6.42 Å². The summed E-state index contributed by atoms with van der Waals surface area (Å²) in [5.74, 6) is 0.0331. The van der Waals surface area contributed by atoms with Crippen LogP contribution in [0.25, 0.3) is 0 Å². The maximum atomic E-state index is 12.7. The highest BCUT2D eigenvalue weighted by Crippen LogP contribution is 2.22. The van der Waals surface area contributed by atoms with Crippen LogP contribution in [-0.4, -0.2) is 43.2 Å². The molecule has 9 heteroatoms. The van der Waals surface area contributed by atoms with E-state index in [4.69, 9.17) is 5.11 Å². The first-order valence-corrected chi connectivity index (χ1v) is 6.97. The predicted octanol–water partition coefficient (Wildman–Crippen LogP) is 1.25. The number of nitro groups is 1. The first kappa shape index (κ1) is 16.1. The molecule has 0 bridgehead atoms. The molecule has 2 rings (SSSR count). The number of allylic oxidation sites excluding steroid dienone is 2. The molecule has 0 saturated heterocycles. The number of hydrogen-bond acceptors (Lipinski definition) is 6. The highest BCUT2D eigenvalue weighted by atomic mass is 19.1. The third kappa shape index (κ3) is 3.48. The van der Waals surface area contributed by atoms with E-state index < -0.39 is 17.6 Å². The van der Waals surface area contributed by atoms with Crippen LogP contribution in [0.3, 0.4) is 0 Å². The summed E-state index contributed by atoms with van der Waals surface area (Å²) in [5, 5.41) is 27.8. The fraction of sp³-hybridized carbons (Fsp3) is 0.538. The summed E-state index contributed by atoms with van der Waals surface area (Å²) in [5.41, 5.74) is 0.458. The number of aliphatic hydroxyl groups is 1. The van der Waals surface area contributed by atoms with Gasteiger partial charge in [0.05, 0.1) is 19.0 Å². The zero-order valence-corrected chi connectivity index (χ0v) is 12.2. The van der Waals surface area contributed by atoms with Gasteiger partial charge in [-0.25, -0.2) is 14.0 Å². The molecule has 0 aliphatic carbocycles.